The molecule has 0 amide bonds. The molecule has 2 nitrogen and oxygen atoms in total. The molecule has 108 valence electrons. The fourth-order valence-electron chi connectivity index (χ4n) is 3.12. The normalized spacial score (nSPS) is 27.7. The molecular weight excluding hydrogens is 220 g/mol. The predicted molar refractivity (Wildman–Crippen MR) is 81.0 cm³/mol. The van der Waals surface area contributed by atoms with Crippen LogP contribution in [0.3, 0.4) is 0 Å². The summed E-state index contributed by atoms with van der Waals surface area (Å²) in [6.07, 6.45) is 6.79. The van der Waals surface area contributed by atoms with Crippen LogP contribution >= 0.6 is 0 Å². The van der Waals surface area contributed by atoms with Gasteiger partial charge in [-0.05, 0) is 25.7 Å². The minimum Gasteiger partial charge on any atom is -0.311 e. The lowest BCUT2D eigenvalue weighted by Gasteiger charge is -2.45. The number of nitrogens with one attached hydrogen (secondary N) is 1. The fourth-order valence-corrected chi connectivity index (χ4v) is 3.12. The van der Waals surface area contributed by atoms with Gasteiger partial charge < -0.3 is 5.32 Å². The van der Waals surface area contributed by atoms with E-state index in [1.54, 1.807) is 0 Å². The Balaban J connectivity index is 2.61. The lowest BCUT2D eigenvalue weighted by atomic mass is 9.95. The maximum atomic E-state index is 3.71. The molecule has 1 N–H and O–H groups in total. The van der Waals surface area contributed by atoms with Crippen LogP contribution < -0.4 is 5.32 Å². The summed E-state index contributed by atoms with van der Waals surface area (Å²) in [7, 11) is 0. The van der Waals surface area contributed by atoms with Crippen molar-refractivity contribution < 1.29 is 0 Å². The van der Waals surface area contributed by atoms with Crippen LogP contribution in [0.2, 0.25) is 0 Å². The monoisotopic (exact) mass is 254 g/mol. The topological polar surface area (TPSA) is 15.3 Å². The van der Waals surface area contributed by atoms with Gasteiger partial charge in [-0.3, -0.25) is 4.90 Å². The van der Waals surface area contributed by atoms with Crippen LogP contribution in [-0.2, 0) is 0 Å². The van der Waals surface area contributed by atoms with Crippen molar-refractivity contribution in [3.63, 3.8) is 0 Å². The number of rotatable bonds is 7. The summed E-state index contributed by atoms with van der Waals surface area (Å²) >= 11 is 0. The lowest BCUT2D eigenvalue weighted by Crippen LogP contribution is -2.59. The van der Waals surface area contributed by atoms with E-state index in [1.807, 2.05) is 0 Å². The molecule has 3 unspecified atom stereocenters. The Morgan fingerprint density at radius 2 is 1.89 bits per heavy atom. The third-order valence-corrected chi connectivity index (χ3v) is 4.44. The highest BCUT2D eigenvalue weighted by atomic mass is 15.3. The zero-order valence-electron chi connectivity index (χ0n) is 13.2. The van der Waals surface area contributed by atoms with Crippen LogP contribution in [0.1, 0.15) is 66.7 Å². The van der Waals surface area contributed by atoms with Gasteiger partial charge in [0.05, 0.1) is 0 Å². The summed E-state index contributed by atoms with van der Waals surface area (Å²) in [6.45, 7) is 14.1. The second kappa shape index (κ2) is 8.16. The predicted octanol–water partition coefficient (Wildman–Crippen LogP) is 3.66. The Bertz CT molecular complexity index is 215. The molecule has 0 saturated carbocycles. The highest BCUT2D eigenvalue weighted by Crippen LogP contribution is 2.21. The molecule has 1 heterocycles. The van der Waals surface area contributed by atoms with Crippen LogP contribution in [0.25, 0.3) is 0 Å². The Morgan fingerprint density at radius 3 is 2.44 bits per heavy atom. The van der Waals surface area contributed by atoms with E-state index in [4.69, 9.17) is 0 Å². The largest absolute Gasteiger partial charge is 0.311 e. The van der Waals surface area contributed by atoms with E-state index in [0.717, 1.165) is 18.5 Å². The van der Waals surface area contributed by atoms with Gasteiger partial charge in [0.1, 0.15) is 0 Å². The van der Waals surface area contributed by atoms with Crippen molar-refractivity contribution >= 4 is 0 Å². The van der Waals surface area contributed by atoms with Crippen LogP contribution in [0, 0.1) is 5.92 Å². The molecule has 1 fully saturated rings. The van der Waals surface area contributed by atoms with Crippen LogP contribution in [0.4, 0.5) is 0 Å². The van der Waals surface area contributed by atoms with Gasteiger partial charge in [0, 0.05) is 31.2 Å². The van der Waals surface area contributed by atoms with Gasteiger partial charge in [-0.15, -0.1) is 0 Å². The van der Waals surface area contributed by atoms with E-state index >= 15 is 0 Å². The van der Waals surface area contributed by atoms with E-state index in [-0.39, 0.29) is 0 Å². The zero-order chi connectivity index (χ0) is 13.5. The standard InChI is InChI=1S/C16H34N2/c1-6-8-10-15(9-7-2)18-12-16(13(3)4)17-11-14(18)5/h13-17H,6-12H2,1-5H3. The summed E-state index contributed by atoms with van der Waals surface area (Å²) in [6, 6.07) is 2.20. The van der Waals surface area contributed by atoms with Gasteiger partial charge in [0.25, 0.3) is 0 Å². The Labute approximate surface area is 115 Å². The van der Waals surface area contributed by atoms with Crippen LogP contribution in [0.5, 0.6) is 0 Å². The Kier molecular flexibility index (Phi) is 7.25. The molecule has 0 aromatic rings. The van der Waals surface area contributed by atoms with Crippen LogP contribution in [0.15, 0.2) is 0 Å². The minimum atomic E-state index is 0.683. The summed E-state index contributed by atoms with van der Waals surface area (Å²) in [5, 5.41) is 3.71. The summed E-state index contributed by atoms with van der Waals surface area (Å²) in [4.78, 5) is 2.79. The average Bonchev–Trinajstić information content (AvgIpc) is 2.35. The van der Waals surface area contributed by atoms with Crippen molar-refractivity contribution in [2.24, 2.45) is 5.92 Å². The fraction of sp³-hybridized carbons (Fsp3) is 1.00. The molecule has 0 aromatic heterocycles. The zero-order valence-corrected chi connectivity index (χ0v) is 13.2. The van der Waals surface area contributed by atoms with E-state index in [2.05, 4.69) is 44.8 Å². The van der Waals surface area contributed by atoms with E-state index < -0.39 is 0 Å². The van der Waals surface area contributed by atoms with Gasteiger partial charge >= 0.3 is 0 Å². The Hall–Kier alpha value is -0.0800. The van der Waals surface area contributed by atoms with Crippen LogP contribution in [-0.4, -0.2) is 36.1 Å². The first-order valence-corrected chi connectivity index (χ1v) is 8.09. The molecule has 0 bridgehead atoms. The van der Waals surface area contributed by atoms with Crippen molar-refractivity contribution in [1.82, 2.24) is 10.2 Å². The summed E-state index contributed by atoms with van der Waals surface area (Å²) < 4.78 is 0. The molecule has 3 atom stereocenters. The number of nitrogens with zero attached hydrogens (tertiary/aromatic N) is 1. The molecule has 18 heavy (non-hydrogen) atoms. The Morgan fingerprint density at radius 1 is 1.17 bits per heavy atom. The lowest BCUT2D eigenvalue weighted by molar-refractivity contribution is 0.0679. The molecule has 1 saturated heterocycles. The molecule has 2 heteroatoms. The second-order valence-electron chi connectivity index (χ2n) is 6.39. The third kappa shape index (κ3) is 4.55. The van der Waals surface area contributed by atoms with Crippen molar-refractivity contribution in [2.75, 3.05) is 13.1 Å². The first-order valence-electron chi connectivity index (χ1n) is 8.09. The molecular formula is C16H34N2. The maximum Gasteiger partial charge on any atom is 0.0218 e. The molecule has 0 aromatic carbocycles. The number of unbranched alkanes of at least 4 members (excludes halogenated alkanes) is 1. The molecule has 1 rings (SSSR count). The van der Waals surface area contributed by atoms with Gasteiger partial charge in [0.15, 0.2) is 0 Å². The van der Waals surface area contributed by atoms with E-state index in [1.165, 1.54) is 38.6 Å². The van der Waals surface area contributed by atoms with E-state index in [9.17, 15) is 0 Å². The van der Waals surface area contributed by atoms with Crippen molar-refractivity contribution in [2.45, 2.75) is 84.8 Å². The van der Waals surface area contributed by atoms with Gasteiger partial charge in [-0.2, -0.15) is 0 Å². The first kappa shape index (κ1) is 16.0. The second-order valence-corrected chi connectivity index (χ2v) is 6.39. The van der Waals surface area contributed by atoms with Gasteiger partial charge in [-0.25, -0.2) is 0 Å². The van der Waals surface area contributed by atoms with Gasteiger partial charge in [0.2, 0.25) is 0 Å². The van der Waals surface area contributed by atoms with Crippen molar-refractivity contribution in [3.05, 3.63) is 0 Å². The molecule has 0 radical (unpaired) electrons. The molecule has 1 aliphatic rings. The third-order valence-electron chi connectivity index (χ3n) is 4.44. The number of hydrogen-bond donors (Lipinski definition) is 1. The first-order chi connectivity index (χ1) is 8.60. The average molecular weight is 254 g/mol. The quantitative estimate of drug-likeness (QED) is 0.746. The smallest absolute Gasteiger partial charge is 0.0218 e. The summed E-state index contributed by atoms with van der Waals surface area (Å²) in [5.74, 6) is 0.744. The molecule has 0 spiro atoms. The highest BCUT2D eigenvalue weighted by molar-refractivity contribution is 4.89. The van der Waals surface area contributed by atoms with Gasteiger partial charge in [-0.1, -0.05) is 47.0 Å². The minimum absolute atomic E-state index is 0.683. The number of hydrogen-bond acceptors (Lipinski definition) is 2. The summed E-state index contributed by atoms with van der Waals surface area (Å²) in [5.41, 5.74) is 0. The SMILES string of the molecule is CCCCC(CCC)N1CC(C(C)C)NCC1C. The van der Waals surface area contributed by atoms with Crippen molar-refractivity contribution in [1.29, 1.82) is 0 Å². The highest BCUT2D eigenvalue weighted by Gasteiger charge is 2.30. The maximum absolute atomic E-state index is 3.71. The molecule has 0 aliphatic carbocycles. The number of piperazine rings is 1. The van der Waals surface area contributed by atoms with Crippen molar-refractivity contribution in [3.8, 4) is 0 Å². The molecule has 1 aliphatic heterocycles. The van der Waals surface area contributed by atoms with E-state index in [0.29, 0.717) is 12.1 Å².